The Balaban J connectivity index is 1.74. The van der Waals surface area contributed by atoms with Crippen LogP contribution in [-0.2, 0) is 9.53 Å². The normalized spacial score (nSPS) is 14.6. The summed E-state index contributed by atoms with van der Waals surface area (Å²) < 4.78 is 19.4. The van der Waals surface area contributed by atoms with E-state index < -0.39 is 12.0 Å². The van der Waals surface area contributed by atoms with Crippen LogP contribution in [0.4, 0.5) is 0 Å². The maximum atomic E-state index is 14.0. The fourth-order valence-electron chi connectivity index (χ4n) is 4.54. The van der Waals surface area contributed by atoms with Crippen molar-refractivity contribution in [2.45, 2.75) is 13.0 Å². The highest BCUT2D eigenvalue weighted by Gasteiger charge is 2.35. The van der Waals surface area contributed by atoms with Crippen LogP contribution < -0.4 is 24.4 Å². The molecule has 3 aromatic carbocycles. The molecule has 0 radical (unpaired) electrons. The molecule has 1 aliphatic heterocycles. The Bertz CT molecular complexity index is 1850. The number of hydrogen-bond acceptors (Lipinski definition) is 7. The van der Waals surface area contributed by atoms with Crippen molar-refractivity contribution in [1.29, 1.82) is 0 Å². The minimum absolute atomic E-state index is 0.172. The SMILES string of the molecule is C#CCOc1ccc(/C=c2\sc3n(c2=O)[C@@H](c2ccc(OC)cc2)C(C(=O)OCC)=C(c2ccccc2)N=3)cc1I. The molecule has 1 aliphatic rings. The summed E-state index contributed by atoms with van der Waals surface area (Å²) in [4.78, 5) is 32.9. The van der Waals surface area contributed by atoms with Gasteiger partial charge in [0.15, 0.2) is 4.80 Å². The first-order chi connectivity index (χ1) is 19.9. The molecule has 0 aliphatic carbocycles. The molecule has 0 N–H and O–H groups in total. The first-order valence-electron chi connectivity index (χ1n) is 12.7. The van der Waals surface area contributed by atoms with E-state index in [2.05, 4.69) is 28.5 Å². The maximum Gasteiger partial charge on any atom is 0.338 e. The number of rotatable bonds is 8. The Labute approximate surface area is 254 Å². The number of carbonyl (C=O) groups excluding carboxylic acids is 1. The zero-order valence-corrected chi connectivity index (χ0v) is 25.3. The molecule has 0 amide bonds. The molecule has 1 aromatic heterocycles. The molecule has 1 atom stereocenters. The number of hydrogen-bond donors (Lipinski definition) is 0. The summed E-state index contributed by atoms with van der Waals surface area (Å²) in [5.74, 6) is 3.27. The van der Waals surface area contributed by atoms with Crippen molar-refractivity contribution in [2.24, 2.45) is 4.99 Å². The van der Waals surface area contributed by atoms with E-state index in [4.69, 9.17) is 25.6 Å². The van der Waals surface area contributed by atoms with Crippen LogP contribution >= 0.6 is 33.9 Å². The molecule has 2 heterocycles. The van der Waals surface area contributed by atoms with Crippen LogP contribution in [0.2, 0.25) is 0 Å². The van der Waals surface area contributed by atoms with Gasteiger partial charge in [-0.2, -0.15) is 0 Å². The van der Waals surface area contributed by atoms with E-state index in [1.165, 1.54) is 11.3 Å². The lowest BCUT2D eigenvalue weighted by Gasteiger charge is -2.26. The van der Waals surface area contributed by atoms with Crippen molar-refractivity contribution >= 4 is 51.7 Å². The topological polar surface area (TPSA) is 79.1 Å². The molecule has 0 spiro atoms. The summed E-state index contributed by atoms with van der Waals surface area (Å²) in [5, 5.41) is 0. The largest absolute Gasteiger partial charge is 0.497 e. The van der Waals surface area contributed by atoms with Gasteiger partial charge in [-0.05, 0) is 71.0 Å². The average molecular weight is 677 g/mol. The zero-order valence-electron chi connectivity index (χ0n) is 22.3. The minimum atomic E-state index is -0.756. The Kier molecular flexibility index (Phi) is 8.71. The first-order valence-corrected chi connectivity index (χ1v) is 14.6. The van der Waals surface area contributed by atoms with Gasteiger partial charge in [0.2, 0.25) is 0 Å². The Morgan fingerprint density at radius 1 is 1.15 bits per heavy atom. The van der Waals surface area contributed by atoms with Gasteiger partial charge in [-0.1, -0.05) is 65.8 Å². The van der Waals surface area contributed by atoms with Crippen LogP contribution in [0.5, 0.6) is 11.5 Å². The molecule has 5 rings (SSSR count). The van der Waals surface area contributed by atoms with Crippen molar-refractivity contribution in [1.82, 2.24) is 4.57 Å². The summed E-state index contributed by atoms with van der Waals surface area (Å²) in [7, 11) is 1.59. The van der Waals surface area contributed by atoms with E-state index in [0.717, 1.165) is 20.3 Å². The van der Waals surface area contributed by atoms with E-state index in [1.54, 1.807) is 18.6 Å². The predicted octanol–water partition coefficient (Wildman–Crippen LogP) is 4.56. The van der Waals surface area contributed by atoms with Crippen molar-refractivity contribution in [2.75, 3.05) is 20.3 Å². The van der Waals surface area contributed by atoms with Crippen molar-refractivity contribution in [3.05, 3.63) is 118 Å². The first kappa shape index (κ1) is 28.4. The van der Waals surface area contributed by atoms with Crippen LogP contribution in [0.15, 0.2) is 88.2 Å². The Morgan fingerprint density at radius 3 is 2.56 bits per heavy atom. The minimum Gasteiger partial charge on any atom is -0.497 e. The third-order valence-electron chi connectivity index (χ3n) is 6.37. The number of terminal acetylenes is 1. The molecule has 0 saturated heterocycles. The molecule has 0 unspecified atom stereocenters. The number of methoxy groups -OCH3 is 1. The van der Waals surface area contributed by atoms with Crippen LogP contribution in [-0.4, -0.2) is 30.9 Å². The highest BCUT2D eigenvalue weighted by Crippen LogP contribution is 2.35. The Morgan fingerprint density at radius 2 is 1.90 bits per heavy atom. The average Bonchev–Trinajstić information content (AvgIpc) is 3.30. The summed E-state index contributed by atoms with van der Waals surface area (Å²) in [5.41, 5.74) is 2.82. The van der Waals surface area contributed by atoms with Gasteiger partial charge < -0.3 is 14.2 Å². The number of nitrogens with zero attached hydrogens (tertiary/aromatic N) is 2. The smallest absolute Gasteiger partial charge is 0.338 e. The third kappa shape index (κ3) is 5.85. The number of aromatic nitrogens is 1. The lowest BCUT2D eigenvalue weighted by Crippen LogP contribution is -2.40. The molecule has 7 nitrogen and oxygen atoms in total. The van der Waals surface area contributed by atoms with Gasteiger partial charge in [0.1, 0.15) is 18.1 Å². The predicted molar refractivity (Wildman–Crippen MR) is 168 cm³/mol. The van der Waals surface area contributed by atoms with E-state index in [1.807, 2.05) is 78.9 Å². The number of thiazole rings is 1. The van der Waals surface area contributed by atoms with Gasteiger partial charge in [0, 0.05) is 5.56 Å². The number of halogens is 1. The summed E-state index contributed by atoms with van der Waals surface area (Å²) in [6, 6.07) is 21.6. The summed E-state index contributed by atoms with van der Waals surface area (Å²) >= 11 is 3.45. The van der Waals surface area contributed by atoms with Crippen LogP contribution in [0.3, 0.4) is 0 Å². The maximum absolute atomic E-state index is 14.0. The number of benzene rings is 3. The van der Waals surface area contributed by atoms with Crippen LogP contribution in [0.25, 0.3) is 11.8 Å². The van der Waals surface area contributed by atoms with Gasteiger partial charge in [-0.15, -0.1) is 6.42 Å². The fourth-order valence-corrected chi connectivity index (χ4v) is 6.23. The number of ether oxygens (including phenoxy) is 3. The van der Waals surface area contributed by atoms with Crippen LogP contribution in [0, 0.1) is 15.9 Å². The molecule has 41 heavy (non-hydrogen) atoms. The highest BCUT2D eigenvalue weighted by molar-refractivity contribution is 14.1. The van der Waals surface area contributed by atoms with Gasteiger partial charge in [-0.25, -0.2) is 9.79 Å². The van der Waals surface area contributed by atoms with E-state index in [9.17, 15) is 9.59 Å². The van der Waals surface area contributed by atoms with Gasteiger partial charge in [0.05, 0.1) is 39.1 Å². The van der Waals surface area contributed by atoms with Crippen LogP contribution in [0.1, 0.15) is 29.7 Å². The summed E-state index contributed by atoms with van der Waals surface area (Å²) in [6.45, 7) is 2.11. The fraction of sp³-hybridized carbons (Fsp3) is 0.156. The molecule has 4 aromatic rings. The zero-order chi connectivity index (χ0) is 28.9. The molecule has 0 fully saturated rings. The molecule has 0 bridgehead atoms. The lowest BCUT2D eigenvalue weighted by molar-refractivity contribution is -0.138. The van der Waals surface area contributed by atoms with Gasteiger partial charge in [-0.3, -0.25) is 9.36 Å². The van der Waals surface area contributed by atoms with E-state index >= 15 is 0 Å². The number of fused-ring (bicyclic) bond motifs is 1. The lowest BCUT2D eigenvalue weighted by atomic mass is 9.93. The van der Waals surface area contributed by atoms with Gasteiger partial charge in [0.25, 0.3) is 5.56 Å². The monoisotopic (exact) mass is 676 g/mol. The molecule has 206 valence electrons. The van der Waals surface area contributed by atoms with Gasteiger partial charge >= 0.3 is 5.97 Å². The van der Waals surface area contributed by atoms with Crippen molar-refractivity contribution < 1.29 is 19.0 Å². The summed E-state index contributed by atoms with van der Waals surface area (Å²) in [6.07, 6.45) is 7.13. The molecule has 9 heteroatoms. The second kappa shape index (κ2) is 12.6. The second-order valence-corrected chi connectivity index (χ2v) is 11.1. The number of esters is 1. The quantitative estimate of drug-likeness (QED) is 0.156. The van der Waals surface area contributed by atoms with E-state index in [0.29, 0.717) is 32.1 Å². The Hall–Kier alpha value is -4.14. The molecule has 0 saturated carbocycles. The second-order valence-electron chi connectivity index (χ2n) is 8.89. The molecular weight excluding hydrogens is 651 g/mol. The van der Waals surface area contributed by atoms with Crippen molar-refractivity contribution in [3.63, 3.8) is 0 Å². The molecular formula is C32H25IN2O5S. The van der Waals surface area contributed by atoms with Crippen molar-refractivity contribution in [3.8, 4) is 23.8 Å². The number of carbonyl (C=O) groups is 1. The highest BCUT2D eigenvalue weighted by atomic mass is 127. The van der Waals surface area contributed by atoms with E-state index in [-0.39, 0.29) is 18.8 Å². The standard InChI is InChI=1S/C32H25IN2O5S/c1-4-17-40-25-16-11-20(18-24(25)33)19-26-30(36)35-29(22-12-14-23(38-3)15-13-22)27(31(37)39-5-2)28(34-32(35)41-26)21-9-7-6-8-10-21/h1,6-16,18-19,29H,5,17H2,2-3H3/b26-19-/t29-/m0/s1. The third-order valence-corrected chi connectivity index (χ3v) is 8.20.